The van der Waals surface area contributed by atoms with Crippen LogP contribution in [0.15, 0.2) is 0 Å². The molecule has 1 rings (SSSR count). The minimum absolute atomic E-state index is 0.0348. The SMILES string of the molecule is CC(NC(=O)NC(=O)CCC(=O)O)C1CCCCC1. The molecule has 0 heterocycles. The second-order valence-electron chi connectivity index (χ2n) is 5.10. The first-order valence-electron chi connectivity index (χ1n) is 6.81. The van der Waals surface area contributed by atoms with Gasteiger partial charge in [0.15, 0.2) is 0 Å². The van der Waals surface area contributed by atoms with E-state index in [1.807, 2.05) is 6.92 Å². The first-order valence-corrected chi connectivity index (χ1v) is 6.81. The van der Waals surface area contributed by atoms with Gasteiger partial charge in [-0.05, 0) is 25.7 Å². The van der Waals surface area contributed by atoms with E-state index in [1.54, 1.807) is 0 Å². The van der Waals surface area contributed by atoms with Crippen LogP contribution in [0.25, 0.3) is 0 Å². The van der Waals surface area contributed by atoms with Gasteiger partial charge >= 0.3 is 12.0 Å². The Morgan fingerprint density at radius 1 is 1.16 bits per heavy atom. The van der Waals surface area contributed by atoms with Crippen molar-refractivity contribution in [1.29, 1.82) is 0 Å². The fourth-order valence-electron chi connectivity index (χ4n) is 2.40. The van der Waals surface area contributed by atoms with Crippen molar-refractivity contribution in [3.8, 4) is 0 Å². The van der Waals surface area contributed by atoms with Gasteiger partial charge in [0, 0.05) is 12.5 Å². The molecule has 1 saturated carbocycles. The second kappa shape index (κ2) is 7.76. The van der Waals surface area contributed by atoms with Gasteiger partial charge in [0.25, 0.3) is 0 Å². The molecular weight excluding hydrogens is 248 g/mol. The van der Waals surface area contributed by atoms with Crippen molar-refractivity contribution >= 4 is 17.9 Å². The van der Waals surface area contributed by atoms with Crippen LogP contribution in [0, 0.1) is 5.92 Å². The highest BCUT2D eigenvalue weighted by atomic mass is 16.4. The summed E-state index contributed by atoms with van der Waals surface area (Å²) in [6.45, 7) is 1.94. The molecule has 1 fully saturated rings. The Balaban J connectivity index is 2.25. The zero-order valence-electron chi connectivity index (χ0n) is 11.3. The van der Waals surface area contributed by atoms with Gasteiger partial charge in [-0.1, -0.05) is 19.3 Å². The number of carboxylic acids is 1. The summed E-state index contributed by atoms with van der Waals surface area (Å²) >= 11 is 0. The zero-order chi connectivity index (χ0) is 14.3. The molecule has 6 nitrogen and oxygen atoms in total. The van der Waals surface area contributed by atoms with Gasteiger partial charge < -0.3 is 10.4 Å². The molecule has 1 unspecified atom stereocenters. The highest BCUT2D eigenvalue weighted by Crippen LogP contribution is 2.26. The minimum atomic E-state index is -1.05. The van der Waals surface area contributed by atoms with Gasteiger partial charge in [0.2, 0.25) is 5.91 Å². The average Bonchev–Trinajstić information content (AvgIpc) is 2.37. The van der Waals surface area contributed by atoms with Crippen LogP contribution in [0.2, 0.25) is 0 Å². The number of imide groups is 1. The lowest BCUT2D eigenvalue weighted by Crippen LogP contribution is -2.46. The highest BCUT2D eigenvalue weighted by molar-refractivity contribution is 5.95. The van der Waals surface area contributed by atoms with E-state index in [0.717, 1.165) is 12.8 Å². The van der Waals surface area contributed by atoms with Crippen LogP contribution in [0.3, 0.4) is 0 Å². The van der Waals surface area contributed by atoms with Crippen LogP contribution >= 0.6 is 0 Å². The van der Waals surface area contributed by atoms with Gasteiger partial charge in [-0.2, -0.15) is 0 Å². The lowest BCUT2D eigenvalue weighted by Gasteiger charge is -2.28. The number of carboxylic acid groups (broad SMARTS) is 1. The third kappa shape index (κ3) is 6.22. The Kier molecular flexibility index (Phi) is 6.32. The maximum absolute atomic E-state index is 11.6. The van der Waals surface area contributed by atoms with Crippen LogP contribution in [0.5, 0.6) is 0 Å². The molecule has 0 saturated heterocycles. The molecule has 6 heteroatoms. The number of aliphatic carboxylic acids is 1. The first-order chi connectivity index (χ1) is 8.99. The van der Waals surface area contributed by atoms with Crippen molar-refractivity contribution in [2.45, 2.75) is 57.9 Å². The van der Waals surface area contributed by atoms with Gasteiger partial charge in [-0.3, -0.25) is 14.9 Å². The van der Waals surface area contributed by atoms with Crippen molar-refractivity contribution in [1.82, 2.24) is 10.6 Å². The molecule has 1 aliphatic carbocycles. The predicted octanol–water partition coefficient (Wildman–Crippen LogP) is 1.65. The standard InChI is InChI=1S/C13H22N2O4/c1-9(10-5-3-2-4-6-10)14-13(19)15-11(16)7-8-12(17)18/h9-10H,2-8H2,1H3,(H,17,18)(H2,14,15,16,19). The van der Waals surface area contributed by atoms with E-state index in [0.29, 0.717) is 5.92 Å². The fourth-order valence-corrected chi connectivity index (χ4v) is 2.40. The molecule has 1 atom stereocenters. The molecule has 0 spiro atoms. The molecule has 0 radical (unpaired) electrons. The molecule has 0 bridgehead atoms. The molecule has 3 N–H and O–H groups in total. The van der Waals surface area contributed by atoms with E-state index < -0.39 is 17.9 Å². The second-order valence-corrected chi connectivity index (χ2v) is 5.10. The maximum atomic E-state index is 11.6. The Morgan fingerprint density at radius 3 is 2.37 bits per heavy atom. The van der Waals surface area contributed by atoms with Crippen LogP contribution in [0.4, 0.5) is 4.79 Å². The topological polar surface area (TPSA) is 95.5 Å². The van der Waals surface area contributed by atoms with Crippen LogP contribution in [-0.4, -0.2) is 29.1 Å². The Labute approximate surface area is 112 Å². The Morgan fingerprint density at radius 2 is 1.79 bits per heavy atom. The molecule has 0 aliphatic heterocycles. The summed E-state index contributed by atoms with van der Waals surface area (Å²) in [6, 6.07) is -0.499. The molecule has 1 aliphatic rings. The molecule has 108 valence electrons. The summed E-state index contributed by atoms with van der Waals surface area (Å²) in [6.07, 6.45) is 5.40. The maximum Gasteiger partial charge on any atom is 0.321 e. The van der Waals surface area contributed by atoms with Gasteiger partial charge in [-0.25, -0.2) is 4.79 Å². The summed E-state index contributed by atoms with van der Waals surface area (Å²) in [5, 5.41) is 13.3. The molecule has 0 aromatic rings. The number of nitrogens with one attached hydrogen (secondary N) is 2. The van der Waals surface area contributed by atoms with E-state index in [-0.39, 0.29) is 18.9 Å². The quantitative estimate of drug-likeness (QED) is 0.707. The van der Waals surface area contributed by atoms with Crippen LogP contribution in [-0.2, 0) is 9.59 Å². The van der Waals surface area contributed by atoms with Gasteiger partial charge in [-0.15, -0.1) is 0 Å². The number of hydrogen-bond acceptors (Lipinski definition) is 3. The van der Waals surface area contributed by atoms with E-state index in [2.05, 4.69) is 10.6 Å². The summed E-state index contributed by atoms with van der Waals surface area (Å²) in [5.41, 5.74) is 0. The molecule has 19 heavy (non-hydrogen) atoms. The van der Waals surface area contributed by atoms with Gasteiger partial charge in [0.05, 0.1) is 6.42 Å². The number of urea groups is 1. The van der Waals surface area contributed by atoms with Crippen LogP contribution in [0.1, 0.15) is 51.9 Å². The van der Waals surface area contributed by atoms with Gasteiger partial charge in [0.1, 0.15) is 0 Å². The molecule has 0 aromatic carbocycles. The van der Waals surface area contributed by atoms with Crippen molar-refractivity contribution in [3.05, 3.63) is 0 Å². The fraction of sp³-hybridized carbons (Fsp3) is 0.769. The smallest absolute Gasteiger partial charge is 0.321 e. The zero-order valence-corrected chi connectivity index (χ0v) is 11.3. The number of amides is 3. The van der Waals surface area contributed by atoms with Crippen molar-refractivity contribution < 1.29 is 19.5 Å². The highest BCUT2D eigenvalue weighted by Gasteiger charge is 2.21. The lowest BCUT2D eigenvalue weighted by atomic mass is 9.85. The van der Waals surface area contributed by atoms with E-state index >= 15 is 0 Å². The molecular formula is C13H22N2O4. The summed E-state index contributed by atoms with van der Waals surface area (Å²) in [7, 11) is 0. The monoisotopic (exact) mass is 270 g/mol. The Hall–Kier alpha value is -1.59. The van der Waals surface area contributed by atoms with E-state index in [9.17, 15) is 14.4 Å². The van der Waals surface area contributed by atoms with Crippen molar-refractivity contribution in [3.63, 3.8) is 0 Å². The average molecular weight is 270 g/mol. The normalized spacial score (nSPS) is 17.5. The first kappa shape index (κ1) is 15.5. The largest absolute Gasteiger partial charge is 0.481 e. The lowest BCUT2D eigenvalue weighted by molar-refractivity contribution is -0.138. The van der Waals surface area contributed by atoms with E-state index in [4.69, 9.17) is 5.11 Å². The molecule has 0 aromatic heterocycles. The number of carbonyl (C=O) groups is 3. The van der Waals surface area contributed by atoms with E-state index in [1.165, 1.54) is 19.3 Å². The molecule has 3 amide bonds. The minimum Gasteiger partial charge on any atom is -0.481 e. The number of carbonyl (C=O) groups excluding carboxylic acids is 2. The number of rotatable bonds is 5. The Bertz CT molecular complexity index is 338. The van der Waals surface area contributed by atoms with Crippen molar-refractivity contribution in [2.24, 2.45) is 5.92 Å². The van der Waals surface area contributed by atoms with Crippen LogP contribution < -0.4 is 10.6 Å². The third-order valence-electron chi connectivity index (χ3n) is 3.53. The summed E-state index contributed by atoms with van der Waals surface area (Å²) < 4.78 is 0. The van der Waals surface area contributed by atoms with Crippen molar-refractivity contribution in [2.75, 3.05) is 0 Å². The summed E-state index contributed by atoms with van der Waals surface area (Å²) in [5.74, 6) is -1.14. The number of hydrogen-bond donors (Lipinski definition) is 3. The predicted molar refractivity (Wildman–Crippen MR) is 69.6 cm³/mol. The third-order valence-corrected chi connectivity index (χ3v) is 3.53. The summed E-state index contributed by atoms with van der Waals surface area (Å²) in [4.78, 5) is 33.1.